The third-order valence-corrected chi connectivity index (χ3v) is 6.53. The van der Waals surface area contributed by atoms with Gasteiger partial charge in [-0.1, -0.05) is 6.42 Å². The average Bonchev–Trinajstić information content (AvgIpc) is 3.10. The van der Waals surface area contributed by atoms with Gasteiger partial charge in [-0.3, -0.25) is 9.36 Å². The van der Waals surface area contributed by atoms with Crippen molar-refractivity contribution in [3.8, 4) is 0 Å². The van der Waals surface area contributed by atoms with Crippen LogP contribution in [0.3, 0.4) is 0 Å². The Balaban J connectivity index is 2.22. The van der Waals surface area contributed by atoms with Crippen LogP contribution < -0.4 is 0 Å². The number of alkyl halides is 2. The van der Waals surface area contributed by atoms with Crippen molar-refractivity contribution in [2.45, 2.75) is 51.6 Å². The van der Waals surface area contributed by atoms with Crippen molar-refractivity contribution in [3.05, 3.63) is 0 Å². The number of hydrogen-bond donors (Lipinski definition) is 0. The Morgan fingerprint density at radius 1 is 1.30 bits per heavy atom. The summed E-state index contributed by atoms with van der Waals surface area (Å²) in [4.78, 5) is 12.0. The maximum Gasteiger partial charge on any atom is 0.399 e. The Kier molecular flexibility index (Phi) is 4.39. The summed E-state index contributed by atoms with van der Waals surface area (Å²) in [7, 11) is -4.52. The fourth-order valence-corrected chi connectivity index (χ4v) is 5.02. The van der Waals surface area contributed by atoms with Gasteiger partial charge in [-0.15, -0.1) is 0 Å². The first-order chi connectivity index (χ1) is 9.34. The van der Waals surface area contributed by atoms with Gasteiger partial charge in [0.2, 0.25) is 0 Å². The molecule has 7 heteroatoms. The smallest absolute Gasteiger partial charge is 0.305 e. The second-order valence-corrected chi connectivity index (χ2v) is 7.57. The summed E-state index contributed by atoms with van der Waals surface area (Å²) in [6.45, 7) is 2.77. The molecule has 2 fully saturated rings. The van der Waals surface area contributed by atoms with Gasteiger partial charge in [-0.05, 0) is 33.1 Å². The van der Waals surface area contributed by atoms with Gasteiger partial charge in [0.15, 0.2) is 0 Å². The topological polar surface area (TPSA) is 52.6 Å². The minimum Gasteiger partial charge on any atom is -0.305 e. The van der Waals surface area contributed by atoms with Crippen LogP contribution in [0.15, 0.2) is 0 Å². The van der Waals surface area contributed by atoms with Crippen LogP contribution in [0.4, 0.5) is 8.78 Å². The third-order valence-electron chi connectivity index (χ3n) is 4.29. The molecule has 0 aromatic rings. The van der Waals surface area contributed by atoms with E-state index in [0.29, 0.717) is 12.8 Å². The quantitative estimate of drug-likeness (QED) is 0.696. The largest absolute Gasteiger partial charge is 0.399 e. The van der Waals surface area contributed by atoms with E-state index in [1.54, 1.807) is 0 Å². The standard InChI is InChI=1S/C13H21F2O4P/c1-3-18-20(17,19-4-2)13(14,15)10-9-12(10)8-6-5-7-11(12)16/h10H,3-9H2,1-2H3/t10-,12+/m0/s1. The molecule has 0 N–H and O–H groups in total. The summed E-state index contributed by atoms with van der Waals surface area (Å²) in [5.41, 5.74) is -4.57. The van der Waals surface area contributed by atoms with Crippen molar-refractivity contribution in [1.82, 2.24) is 0 Å². The molecule has 0 amide bonds. The van der Waals surface area contributed by atoms with Crippen LogP contribution >= 0.6 is 7.60 Å². The van der Waals surface area contributed by atoms with Gasteiger partial charge in [0.05, 0.1) is 13.2 Å². The molecule has 0 heterocycles. The molecule has 2 saturated carbocycles. The summed E-state index contributed by atoms with van der Waals surface area (Å²) in [5.74, 6) is -1.32. The maximum atomic E-state index is 14.6. The molecule has 116 valence electrons. The fourth-order valence-electron chi connectivity index (χ4n) is 3.20. The van der Waals surface area contributed by atoms with Crippen molar-refractivity contribution in [1.29, 1.82) is 0 Å². The highest BCUT2D eigenvalue weighted by Crippen LogP contribution is 2.76. The monoisotopic (exact) mass is 310 g/mol. The second-order valence-electron chi connectivity index (χ2n) is 5.46. The fraction of sp³-hybridized carbons (Fsp3) is 0.923. The lowest BCUT2D eigenvalue weighted by molar-refractivity contribution is -0.128. The van der Waals surface area contributed by atoms with E-state index in [-0.39, 0.29) is 25.4 Å². The number of carbonyl (C=O) groups excluding carboxylic acids is 1. The number of rotatable bonds is 6. The Labute approximate surface area is 117 Å². The van der Waals surface area contributed by atoms with Crippen LogP contribution in [0.5, 0.6) is 0 Å². The minimum atomic E-state index is -4.52. The van der Waals surface area contributed by atoms with Gasteiger partial charge in [0.25, 0.3) is 0 Å². The predicted octanol–water partition coefficient (Wildman–Crippen LogP) is 3.99. The molecule has 2 aliphatic rings. The van der Waals surface area contributed by atoms with Crippen LogP contribution in [-0.2, 0) is 18.4 Å². The van der Waals surface area contributed by atoms with Crippen LogP contribution in [0.1, 0.15) is 46.0 Å². The van der Waals surface area contributed by atoms with Gasteiger partial charge in [-0.25, -0.2) is 0 Å². The number of hydrogen-bond acceptors (Lipinski definition) is 4. The molecule has 20 heavy (non-hydrogen) atoms. The highest BCUT2D eigenvalue weighted by atomic mass is 31.2. The average molecular weight is 310 g/mol. The zero-order chi connectivity index (χ0) is 15.0. The molecule has 0 saturated heterocycles. The summed E-state index contributed by atoms with van der Waals surface area (Å²) >= 11 is 0. The Morgan fingerprint density at radius 2 is 1.90 bits per heavy atom. The van der Waals surface area contributed by atoms with Gasteiger partial charge in [0.1, 0.15) is 5.78 Å². The van der Waals surface area contributed by atoms with Crippen molar-refractivity contribution in [3.63, 3.8) is 0 Å². The number of Topliss-reactive ketones (excluding diaryl/α,β-unsaturated/α-hetero) is 1. The molecule has 0 radical (unpaired) electrons. The first-order valence-electron chi connectivity index (χ1n) is 7.14. The zero-order valence-electron chi connectivity index (χ0n) is 11.9. The molecule has 2 aliphatic carbocycles. The van der Waals surface area contributed by atoms with Gasteiger partial charge >= 0.3 is 13.3 Å². The summed E-state index contributed by atoms with van der Waals surface area (Å²) in [5, 5.41) is 0. The lowest BCUT2D eigenvalue weighted by Crippen LogP contribution is -2.31. The SMILES string of the molecule is CCOP(=O)(OCC)C(F)(F)[C@H]1C[C@]12CCCCC2=O. The van der Waals surface area contributed by atoms with Gasteiger partial charge in [-0.2, -0.15) is 8.78 Å². The van der Waals surface area contributed by atoms with E-state index in [2.05, 4.69) is 0 Å². The molecule has 0 unspecified atom stereocenters. The molecular formula is C13H21F2O4P. The van der Waals surface area contributed by atoms with E-state index in [1.807, 2.05) is 0 Å². The molecule has 1 spiro atoms. The number of halogens is 2. The molecule has 2 rings (SSSR count). The van der Waals surface area contributed by atoms with E-state index in [1.165, 1.54) is 13.8 Å². The van der Waals surface area contributed by atoms with E-state index in [4.69, 9.17) is 9.05 Å². The Bertz CT molecular complexity index is 430. The van der Waals surface area contributed by atoms with Crippen molar-refractivity contribution in [2.75, 3.05) is 13.2 Å². The molecule has 0 aliphatic heterocycles. The van der Waals surface area contributed by atoms with E-state index >= 15 is 0 Å². The summed E-state index contributed by atoms with van der Waals surface area (Å²) in [6, 6.07) is 0. The molecular weight excluding hydrogens is 289 g/mol. The highest BCUT2D eigenvalue weighted by Gasteiger charge is 2.75. The maximum absolute atomic E-state index is 14.6. The third kappa shape index (κ3) is 2.36. The lowest BCUT2D eigenvalue weighted by atomic mass is 9.83. The van der Waals surface area contributed by atoms with Crippen molar-refractivity contribution < 1.29 is 27.2 Å². The Hall–Kier alpha value is -0.320. The number of carbonyl (C=O) groups is 1. The summed E-state index contributed by atoms with van der Waals surface area (Å²) < 4.78 is 51.0. The van der Waals surface area contributed by atoms with Gasteiger partial charge in [0, 0.05) is 17.8 Å². The first-order valence-corrected chi connectivity index (χ1v) is 8.68. The minimum absolute atomic E-state index is 0.100. The Morgan fingerprint density at radius 3 is 2.40 bits per heavy atom. The molecule has 0 aromatic heterocycles. The molecule has 0 bridgehead atoms. The highest BCUT2D eigenvalue weighted by molar-refractivity contribution is 7.55. The van der Waals surface area contributed by atoms with E-state index < -0.39 is 24.6 Å². The first kappa shape index (κ1) is 16.1. The molecule has 2 atom stereocenters. The molecule has 4 nitrogen and oxygen atoms in total. The zero-order valence-corrected chi connectivity index (χ0v) is 12.8. The molecule has 0 aromatic carbocycles. The lowest BCUT2D eigenvalue weighted by Gasteiger charge is -2.29. The van der Waals surface area contributed by atoms with Crippen LogP contribution in [0.2, 0.25) is 0 Å². The van der Waals surface area contributed by atoms with Crippen LogP contribution in [0, 0.1) is 11.3 Å². The van der Waals surface area contributed by atoms with Crippen LogP contribution in [0.25, 0.3) is 0 Å². The number of ketones is 1. The summed E-state index contributed by atoms with van der Waals surface area (Å²) in [6.07, 6.45) is 2.44. The predicted molar refractivity (Wildman–Crippen MR) is 69.8 cm³/mol. The van der Waals surface area contributed by atoms with Crippen molar-refractivity contribution >= 4 is 13.4 Å². The van der Waals surface area contributed by atoms with Crippen molar-refractivity contribution in [2.24, 2.45) is 11.3 Å². The van der Waals surface area contributed by atoms with Crippen LogP contribution in [-0.4, -0.2) is 24.7 Å². The second kappa shape index (κ2) is 5.47. The van der Waals surface area contributed by atoms with E-state index in [9.17, 15) is 18.1 Å². The van der Waals surface area contributed by atoms with E-state index in [0.717, 1.165) is 12.8 Å². The normalized spacial score (nSPS) is 30.8. The van der Waals surface area contributed by atoms with Gasteiger partial charge < -0.3 is 9.05 Å².